The molecule has 1 N–H and O–H groups in total. The molecule has 0 aliphatic carbocycles. The maximum Gasteiger partial charge on any atom is 0.217 e. The lowest BCUT2D eigenvalue weighted by Gasteiger charge is -2.12. The van der Waals surface area contributed by atoms with Crippen molar-refractivity contribution in [2.75, 3.05) is 6.61 Å². The van der Waals surface area contributed by atoms with Gasteiger partial charge >= 0.3 is 0 Å². The molecule has 0 fully saturated rings. The summed E-state index contributed by atoms with van der Waals surface area (Å²) in [4.78, 5) is 15.9. The molecule has 0 unspecified atom stereocenters. The molecule has 5 nitrogen and oxygen atoms in total. The maximum absolute atomic E-state index is 11.2. The third kappa shape index (κ3) is 4.23. The number of amides is 1. The number of imidazole rings is 1. The first-order valence-corrected chi connectivity index (χ1v) is 8.96. The van der Waals surface area contributed by atoms with Crippen molar-refractivity contribution in [3.05, 3.63) is 59.9 Å². The predicted molar refractivity (Wildman–Crippen MR) is 103 cm³/mol. The van der Waals surface area contributed by atoms with Crippen molar-refractivity contribution in [3.8, 4) is 5.75 Å². The Morgan fingerprint density at radius 3 is 2.58 bits per heavy atom. The Bertz CT molecular complexity index is 882. The Labute approximate surface area is 154 Å². The lowest BCUT2D eigenvalue weighted by atomic mass is 10.0. The van der Waals surface area contributed by atoms with Gasteiger partial charge in [-0.25, -0.2) is 4.98 Å². The fraction of sp³-hybridized carbons (Fsp3) is 0.333. The summed E-state index contributed by atoms with van der Waals surface area (Å²) in [5, 5.41) is 2.82. The van der Waals surface area contributed by atoms with Gasteiger partial charge in [0.2, 0.25) is 5.91 Å². The van der Waals surface area contributed by atoms with Crippen LogP contribution >= 0.6 is 0 Å². The van der Waals surface area contributed by atoms with Gasteiger partial charge in [0.25, 0.3) is 0 Å². The van der Waals surface area contributed by atoms with E-state index in [1.54, 1.807) is 0 Å². The van der Waals surface area contributed by atoms with Crippen molar-refractivity contribution in [1.29, 1.82) is 0 Å². The summed E-state index contributed by atoms with van der Waals surface area (Å²) in [5.41, 5.74) is 3.27. The van der Waals surface area contributed by atoms with Crippen molar-refractivity contribution in [2.45, 2.75) is 39.8 Å². The number of ether oxygens (including phenoxy) is 1. The second kappa shape index (κ2) is 8.04. The van der Waals surface area contributed by atoms with Gasteiger partial charge in [-0.2, -0.15) is 0 Å². The number of fused-ring (bicyclic) bond motifs is 1. The van der Waals surface area contributed by atoms with Gasteiger partial charge in [-0.1, -0.05) is 38.1 Å². The Balaban J connectivity index is 1.70. The third-order valence-corrected chi connectivity index (χ3v) is 4.36. The van der Waals surface area contributed by atoms with Crippen LogP contribution in [0.15, 0.2) is 48.5 Å². The van der Waals surface area contributed by atoms with Gasteiger partial charge in [0, 0.05) is 6.92 Å². The zero-order chi connectivity index (χ0) is 18.5. The Morgan fingerprint density at radius 2 is 1.88 bits per heavy atom. The van der Waals surface area contributed by atoms with Crippen LogP contribution in [0.2, 0.25) is 0 Å². The highest BCUT2D eigenvalue weighted by atomic mass is 16.5. The second-order valence-electron chi connectivity index (χ2n) is 6.65. The van der Waals surface area contributed by atoms with Crippen molar-refractivity contribution in [2.24, 2.45) is 0 Å². The molecule has 1 amide bonds. The van der Waals surface area contributed by atoms with Crippen LogP contribution in [0.3, 0.4) is 0 Å². The van der Waals surface area contributed by atoms with Gasteiger partial charge in [-0.05, 0) is 35.7 Å². The summed E-state index contributed by atoms with van der Waals surface area (Å²) in [5.74, 6) is 2.14. The van der Waals surface area contributed by atoms with Crippen molar-refractivity contribution in [3.63, 3.8) is 0 Å². The minimum atomic E-state index is -0.0647. The normalized spacial score (nSPS) is 11.1. The summed E-state index contributed by atoms with van der Waals surface area (Å²) in [7, 11) is 0. The molecular weight excluding hydrogens is 326 g/mol. The van der Waals surface area contributed by atoms with Gasteiger partial charge in [-0.15, -0.1) is 0 Å². The van der Waals surface area contributed by atoms with Crippen LogP contribution < -0.4 is 10.1 Å². The average Bonchev–Trinajstić information content (AvgIpc) is 2.98. The van der Waals surface area contributed by atoms with Gasteiger partial charge < -0.3 is 14.6 Å². The van der Waals surface area contributed by atoms with E-state index in [-0.39, 0.29) is 5.91 Å². The van der Waals surface area contributed by atoms with Gasteiger partial charge in [0.1, 0.15) is 18.2 Å². The molecule has 0 saturated heterocycles. The van der Waals surface area contributed by atoms with E-state index < -0.39 is 0 Å². The standard InChI is InChI=1S/C21H25N3O2/c1-15(2)17-8-10-18(11-9-17)26-13-12-24-20-7-5-4-6-19(20)23-21(24)14-22-16(3)25/h4-11,15H,12-14H2,1-3H3,(H,22,25). The topological polar surface area (TPSA) is 56.2 Å². The Morgan fingerprint density at radius 1 is 1.15 bits per heavy atom. The van der Waals surface area contributed by atoms with Crippen LogP contribution in [0.5, 0.6) is 5.75 Å². The smallest absolute Gasteiger partial charge is 0.217 e. The van der Waals surface area contributed by atoms with Crippen LogP contribution in [0.4, 0.5) is 0 Å². The highest BCUT2D eigenvalue weighted by Crippen LogP contribution is 2.19. The molecule has 0 bridgehead atoms. The van der Waals surface area contributed by atoms with Crippen molar-refractivity contribution >= 4 is 16.9 Å². The minimum Gasteiger partial charge on any atom is -0.492 e. The SMILES string of the molecule is CC(=O)NCc1nc2ccccc2n1CCOc1ccc(C(C)C)cc1. The quantitative estimate of drug-likeness (QED) is 0.703. The van der Waals surface area contributed by atoms with E-state index in [4.69, 9.17) is 4.74 Å². The van der Waals surface area contributed by atoms with Crippen LogP contribution in [-0.2, 0) is 17.9 Å². The van der Waals surface area contributed by atoms with E-state index in [1.165, 1.54) is 12.5 Å². The molecule has 3 aromatic rings. The summed E-state index contributed by atoms with van der Waals surface area (Å²) >= 11 is 0. The molecular formula is C21H25N3O2. The fourth-order valence-electron chi connectivity index (χ4n) is 2.92. The molecule has 0 aliphatic rings. The largest absolute Gasteiger partial charge is 0.492 e. The zero-order valence-corrected chi connectivity index (χ0v) is 15.5. The summed E-state index contributed by atoms with van der Waals surface area (Å²) in [6, 6.07) is 16.2. The number of nitrogens with one attached hydrogen (secondary N) is 1. The van der Waals surface area contributed by atoms with Crippen molar-refractivity contribution < 1.29 is 9.53 Å². The molecule has 0 spiro atoms. The molecule has 2 aromatic carbocycles. The molecule has 0 atom stereocenters. The van der Waals surface area contributed by atoms with Crippen LogP contribution in [0.25, 0.3) is 11.0 Å². The van der Waals surface area contributed by atoms with E-state index in [0.29, 0.717) is 25.6 Å². The number of rotatable bonds is 7. The van der Waals surface area contributed by atoms with Crippen molar-refractivity contribution in [1.82, 2.24) is 14.9 Å². The molecule has 136 valence electrons. The highest BCUT2D eigenvalue weighted by molar-refractivity contribution is 5.76. The van der Waals surface area contributed by atoms with Crippen LogP contribution in [-0.4, -0.2) is 22.1 Å². The number of benzene rings is 2. The molecule has 26 heavy (non-hydrogen) atoms. The monoisotopic (exact) mass is 351 g/mol. The molecule has 0 saturated carbocycles. The first-order chi connectivity index (χ1) is 12.5. The zero-order valence-electron chi connectivity index (χ0n) is 15.5. The molecule has 0 aliphatic heterocycles. The van der Waals surface area contributed by atoms with Gasteiger partial charge in [0.15, 0.2) is 0 Å². The predicted octanol–water partition coefficient (Wildman–Crippen LogP) is 3.87. The number of carbonyl (C=O) groups is 1. The average molecular weight is 351 g/mol. The first-order valence-electron chi connectivity index (χ1n) is 8.96. The summed E-state index contributed by atoms with van der Waals surface area (Å²) in [6.45, 7) is 7.48. The number of hydrogen-bond acceptors (Lipinski definition) is 3. The lowest BCUT2D eigenvalue weighted by Crippen LogP contribution is -2.22. The summed E-state index contributed by atoms with van der Waals surface area (Å²) < 4.78 is 8.01. The number of aromatic nitrogens is 2. The molecule has 1 heterocycles. The fourth-order valence-corrected chi connectivity index (χ4v) is 2.92. The number of hydrogen-bond donors (Lipinski definition) is 1. The lowest BCUT2D eigenvalue weighted by molar-refractivity contribution is -0.119. The molecule has 3 rings (SSSR count). The first kappa shape index (κ1) is 18.0. The van der Waals surface area contributed by atoms with Gasteiger partial charge in [-0.3, -0.25) is 4.79 Å². The molecule has 1 aromatic heterocycles. The second-order valence-corrected chi connectivity index (χ2v) is 6.65. The van der Waals surface area contributed by atoms with E-state index in [9.17, 15) is 4.79 Å². The Kier molecular flexibility index (Phi) is 5.56. The number of para-hydroxylation sites is 2. The van der Waals surface area contributed by atoms with E-state index in [0.717, 1.165) is 22.6 Å². The highest BCUT2D eigenvalue weighted by Gasteiger charge is 2.11. The Hall–Kier alpha value is -2.82. The number of nitrogens with zero attached hydrogens (tertiary/aromatic N) is 2. The molecule has 0 radical (unpaired) electrons. The van der Waals surface area contributed by atoms with Crippen LogP contribution in [0.1, 0.15) is 38.1 Å². The third-order valence-electron chi connectivity index (χ3n) is 4.36. The van der Waals surface area contributed by atoms with E-state index >= 15 is 0 Å². The van der Waals surface area contributed by atoms with E-state index in [2.05, 4.69) is 40.8 Å². The minimum absolute atomic E-state index is 0.0647. The van der Waals surface area contributed by atoms with E-state index in [1.807, 2.05) is 36.4 Å². The van der Waals surface area contributed by atoms with Crippen LogP contribution in [0, 0.1) is 0 Å². The molecule has 5 heteroatoms. The summed E-state index contributed by atoms with van der Waals surface area (Å²) in [6.07, 6.45) is 0. The van der Waals surface area contributed by atoms with Gasteiger partial charge in [0.05, 0.1) is 24.1 Å². The maximum atomic E-state index is 11.2. The number of carbonyl (C=O) groups excluding carboxylic acids is 1.